The third-order valence-electron chi connectivity index (χ3n) is 2.76. The molecule has 0 spiro atoms. The van der Waals surface area contributed by atoms with E-state index >= 15 is 0 Å². The molecule has 0 bridgehead atoms. The number of nitrogens with zero attached hydrogens (tertiary/aromatic N) is 2. The van der Waals surface area contributed by atoms with Gasteiger partial charge in [0.2, 0.25) is 5.88 Å². The van der Waals surface area contributed by atoms with Crippen LogP contribution in [0.4, 0.5) is 5.69 Å². The molecule has 94 valence electrons. The van der Waals surface area contributed by atoms with Crippen LogP contribution in [0, 0.1) is 0 Å². The van der Waals surface area contributed by atoms with Crippen molar-refractivity contribution in [1.29, 1.82) is 0 Å². The van der Waals surface area contributed by atoms with Crippen LogP contribution < -0.4 is 9.64 Å². The minimum absolute atomic E-state index is 0.346. The number of pyridine rings is 1. The van der Waals surface area contributed by atoms with E-state index in [9.17, 15) is 0 Å². The molecule has 0 aliphatic carbocycles. The largest absolute Gasteiger partial charge is 0.476 e. The highest BCUT2D eigenvalue weighted by molar-refractivity contribution is 9.10. The Bertz CT molecular complexity index is 387. The lowest BCUT2D eigenvalue weighted by Gasteiger charge is -2.35. The molecule has 1 aliphatic rings. The van der Waals surface area contributed by atoms with Crippen LogP contribution >= 0.6 is 15.9 Å². The monoisotopic (exact) mass is 300 g/mol. The molecule has 2 heterocycles. The van der Waals surface area contributed by atoms with Crippen molar-refractivity contribution in [2.75, 3.05) is 31.3 Å². The molecule has 4 nitrogen and oxygen atoms in total. The molecule has 17 heavy (non-hydrogen) atoms. The Labute approximate surface area is 110 Å². The number of rotatable bonds is 3. The van der Waals surface area contributed by atoms with Crippen molar-refractivity contribution in [2.45, 2.75) is 19.9 Å². The maximum Gasteiger partial charge on any atom is 0.237 e. The average molecular weight is 301 g/mol. The fourth-order valence-electron chi connectivity index (χ4n) is 1.95. The molecule has 1 fully saturated rings. The van der Waals surface area contributed by atoms with Gasteiger partial charge in [-0.25, -0.2) is 4.98 Å². The zero-order valence-electron chi connectivity index (χ0n) is 10.1. The van der Waals surface area contributed by atoms with E-state index in [2.05, 4.69) is 38.8 Å². The molecule has 1 atom stereocenters. The number of aromatic nitrogens is 1. The van der Waals surface area contributed by atoms with E-state index in [0.717, 1.165) is 29.9 Å². The predicted octanol–water partition coefficient (Wildman–Crippen LogP) is 2.47. The van der Waals surface area contributed by atoms with Crippen LogP contribution in [-0.4, -0.2) is 37.4 Å². The maximum absolute atomic E-state index is 5.58. The first-order chi connectivity index (χ1) is 8.22. The Kier molecular flexibility index (Phi) is 4.23. The Morgan fingerprint density at radius 3 is 3.18 bits per heavy atom. The number of morpholine rings is 1. The van der Waals surface area contributed by atoms with Gasteiger partial charge in [-0.05, 0) is 35.8 Å². The molecule has 0 unspecified atom stereocenters. The molecule has 0 amide bonds. The first-order valence-electron chi connectivity index (χ1n) is 5.85. The molecule has 2 rings (SSSR count). The number of ether oxygens (including phenoxy) is 2. The van der Waals surface area contributed by atoms with Gasteiger partial charge in [0, 0.05) is 23.3 Å². The van der Waals surface area contributed by atoms with Crippen molar-refractivity contribution in [1.82, 2.24) is 4.98 Å². The number of hydrogen-bond donors (Lipinski definition) is 0. The zero-order valence-corrected chi connectivity index (χ0v) is 11.7. The second-order valence-corrected chi connectivity index (χ2v) is 4.94. The summed E-state index contributed by atoms with van der Waals surface area (Å²) in [5.41, 5.74) is 1.04. The topological polar surface area (TPSA) is 34.6 Å². The second-order valence-electron chi connectivity index (χ2n) is 4.03. The van der Waals surface area contributed by atoms with E-state index in [4.69, 9.17) is 9.47 Å². The Hall–Kier alpha value is -0.810. The van der Waals surface area contributed by atoms with Crippen LogP contribution in [0.1, 0.15) is 13.8 Å². The highest BCUT2D eigenvalue weighted by Gasteiger charge is 2.23. The van der Waals surface area contributed by atoms with E-state index in [1.807, 2.05) is 6.92 Å². The third kappa shape index (κ3) is 2.90. The van der Waals surface area contributed by atoms with Gasteiger partial charge in [-0.15, -0.1) is 0 Å². The summed E-state index contributed by atoms with van der Waals surface area (Å²) in [5.74, 6) is 0.699. The van der Waals surface area contributed by atoms with Gasteiger partial charge in [0.05, 0.1) is 19.8 Å². The van der Waals surface area contributed by atoms with Crippen molar-refractivity contribution >= 4 is 21.6 Å². The van der Waals surface area contributed by atoms with Crippen molar-refractivity contribution in [2.24, 2.45) is 0 Å². The van der Waals surface area contributed by atoms with Crippen LogP contribution in [-0.2, 0) is 4.74 Å². The number of anilines is 1. The van der Waals surface area contributed by atoms with E-state index in [-0.39, 0.29) is 0 Å². The minimum Gasteiger partial charge on any atom is -0.476 e. The van der Waals surface area contributed by atoms with Gasteiger partial charge in [-0.2, -0.15) is 0 Å². The van der Waals surface area contributed by atoms with Crippen LogP contribution in [0.5, 0.6) is 5.88 Å². The van der Waals surface area contributed by atoms with Gasteiger partial charge in [-0.1, -0.05) is 0 Å². The van der Waals surface area contributed by atoms with Gasteiger partial charge in [0.15, 0.2) is 0 Å². The first-order valence-corrected chi connectivity index (χ1v) is 6.64. The standard InChI is InChI=1S/C12H17BrN2O2/c1-3-17-12-11(6-10(13)7-14-12)15-4-5-16-8-9(15)2/h6-7,9H,3-5,8H2,1-2H3/t9-/m1/s1. The lowest BCUT2D eigenvalue weighted by molar-refractivity contribution is 0.0985. The molecular weight excluding hydrogens is 284 g/mol. The summed E-state index contributed by atoms with van der Waals surface area (Å²) >= 11 is 3.46. The molecule has 0 N–H and O–H groups in total. The molecule has 0 aromatic carbocycles. The van der Waals surface area contributed by atoms with Gasteiger partial charge < -0.3 is 14.4 Å². The Morgan fingerprint density at radius 2 is 2.47 bits per heavy atom. The van der Waals surface area contributed by atoms with Crippen LogP contribution in [0.25, 0.3) is 0 Å². The summed E-state index contributed by atoms with van der Waals surface area (Å²) in [6.45, 7) is 7.12. The molecule has 1 saturated heterocycles. The molecule has 1 aromatic heterocycles. The highest BCUT2D eigenvalue weighted by atomic mass is 79.9. The summed E-state index contributed by atoms with van der Waals surface area (Å²) in [4.78, 5) is 6.61. The fraction of sp³-hybridized carbons (Fsp3) is 0.583. The van der Waals surface area contributed by atoms with E-state index in [1.54, 1.807) is 6.20 Å². The van der Waals surface area contributed by atoms with Crippen LogP contribution in [0.2, 0.25) is 0 Å². The zero-order chi connectivity index (χ0) is 12.3. The summed E-state index contributed by atoms with van der Waals surface area (Å²) in [7, 11) is 0. The average Bonchev–Trinajstić information content (AvgIpc) is 2.32. The van der Waals surface area contributed by atoms with E-state index < -0.39 is 0 Å². The predicted molar refractivity (Wildman–Crippen MR) is 70.7 cm³/mol. The number of halogens is 1. The fourth-order valence-corrected chi connectivity index (χ4v) is 2.27. The van der Waals surface area contributed by atoms with Crippen LogP contribution in [0.3, 0.4) is 0 Å². The molecule has 0 radical (unpaired) electrons. The summed E-state index contributed by atoms with van der Waals surface area (Å²) in [6, 6.07) is 2.40. The van der Waals surface area contributed by atoms with E-state index in [0.29, 0.717) is 18.5 Å². The second kappa shape index (κ2) is 5.69. The SMILES string of the molecule is CCOc1ncc(Br)cc1N1CCOC[C@H]1C. The summed E-state index contributed by atoms with van der Waals surface area (Å²) in [5, 5.41) is 0. The normalized spacial score (nSPS) is 20.4. The maximum atomic E-state index is 5.58. The Balaban J connectivity index is 2.30. The number of hydrogen-bond acceptors (Lipinski definition) is 4. The van der Waals surface area contributed by atoms with Gasteiger partial charge >= 0.3 is 0 Å². The molecular formula is C12H17BrN2O2. The van der Waals surface area contributed by atoms with Crippen molar-refractivity contribution < 1.29 is 9.47 Å². The van der Waals surface area contributed by atoms with Gasteiger partial charge in [0.25, 0.3) is 0 Å². The molecule has 1 aliphatic heterocycles. The quantitative estimate of drug-likeness (QED) is 0.859. The lowest BCUT2D eigenvalue weighted by atomic mass is 10.2. The molecule has 5 heteroatoms. The smallest absolute Gasteiger partial charge is 0.237 e. The van der Waals surface area contributed by atoms with Crippen molar-refractivity contribution in [3.8, 4) is 5.88 Å². The molecule has 0 saturated carbocycles. The van der Waals surface area contributed by atoms with Gasteiger partial charge in [-0.3, -0.25) is 0 Å². The van der Waals surface area contributed by atoms with Crippen molar-refractivity contribution in [3.05, 3.63) is 16.7 Å². The van der Waals surface area contributed by atoms with E-state index in [1.165, 1.54) is 0 Å². The summed E-state index contributed by atoms with van der Waals surface area (Å²) in [6.07, 6.45) is 1.76. The summed E-state index contributed by atoms with van der Waals surface area (Å²) < 4.78 is 12.0. The molecule has 1 aromatic rings. The Morgan fingerprint density at radius 1 is 1.65 bits per heavy atom. The van der Waals surface area contributed by atoms with Crippen molar-refractivity contribution in [3.63, 3.8) is 0 Å². The minimum atomic E-state index is 0.346. The lowest BCUT2D eigenvalue weighted by Crippen LogP contribution is -2.44. The van der Waals surface area contributed by atoms with Crippen LogP contribution in [0.15, 0.2) is 16.7 Å². The van der Waals surface area contributed by atoms with Gasteiger partial charge in [0.1, 0.15) is 5.69 Å². The highest BCUT2D eigenvalue weighted by Crippen LogP contribution is 2.31. The first kappa shape index (κ1) is 12.6. The third-order valence-corrected chi connectivity index (χ3v) is 3.19.